The van der Waals surface area contributed by atoms with E-state index >= 15 is 0 Å². The van der Waals surface area contributed by atoms with Crippen LogP contribution in [-0.2, 0) is 23.8 Å². The van der Waals surface area contributed by atoms with Crippen molar-refractivity contribution in [3.05, 3.63) is 28.0 Å². The number of aromatic nitrogens is 4. The Morgan fingerprint density at radius 2 is 2.03 bits per heavy atom. The number of imidazole rings is 1. The van der Waals surface area contributed by atoms with Crippen LogP contribution in [0.3, 0.4) is 0 Å². The monoisotopic (exact) mass is 552 g/mol. The highest BCUT2D eigenvalue weighted by molar-refractivity contribution is 14.1. The van der Waals surface area contributed by atoms with Crippen molar-refractivity contribution in [2.75, 3.05) is 11.5 Å². The second-order valence-corrected chi connectivity index (χ2v) is 8.54. The first kappa shape index (κ1) is 22.2. The Kier molecular flexibility index (Phi) is 7.35. The predicted molar refractivity (Wildman–Crippen MR) is 116 cm³/mol. The summed E-state index contributed by atoms with van der Waals surface area (Å²) in [6.07, 6.45) is 0.289. The van der Waals surface area contributed by atoms with Crippen molar-refractivity contribution in [3.8, 4) is 0 Å². The van der Waals surface area contributed by atoms with Crippen LogP contribution in [0.4, 0.5) is 0 Å². The summed E-state index contributed by atoms with van der Waals surface area (Å²) >= 11 is 9.68. The molecule has 2 aromatic heterocycles. The quantitative estimate of drug-likeness (QED) is 0.128. The van der Waals surface area contributed by atoms with Gasteiger partial charge in [-0.1, -0.05) is 17.7 Å². The number of carbonyl (C=O) groups is 2. The summed E-state index contributed by atoms with van der Waals surface area (Å²) in [5.74, 6) is 0.195. The number of esters is 2. The lowest BCUT2D eigenvalue weighted by Crippen LogP contribution is -2.39. The zero-order valence-corrected chi connectivity index (χ0v) is 19.3. The summed E-state index contributed by atoms with van der Waals surface area (Å²) in [7, 11) is 0. The molecule has 1 saturated heterocycles. The zero-order chi connectivity index (χ0) is 21.1. The first-order valence-electron chi connectivity index (χ1n) is 8.56. The van der Waals surface area contributed by atoms with Crippen LogP contribution in [0.15, 0.2) is 19.0 Å². The first-order chi connectivity index (χ1) is 13.8. The van der Waals surface area contributed by atoms with E-state index in [9.17, 15) is 9.59 Å². The summed E-state index contributed by atoms with van der Waals surface area (Å²) in [4.78, 5) is 36.2. The molecule has 1 fully saturated rings. The maximum absolute atomic E-state index is 11.8. The lowest BCUT2D eigenvalue weighted by Gasteiger charge is -2.23. The minimum Gasteiger partial charge on any atom is -0.456 e. The molecule has 0 aromatic carbocycles. The van der Waals surface area contributed by atoms with Gasteiger partial charge in [0.15, 0.2) is 33.1 Å². The van der Waals surface area contributed by atoms with Crippen LogP contribution in [0, 0.1) is 3.83 Å². The molecule has 0 unspecified atom stereocenters. The molecule has 3 heterocycles. The fraction of sp³-hybridized carbons (Fsp3) is 0.471. The highest BCUT2D eigenvalue weighted by atomic mass is 127. The number of nitrogens with zero attached hydrogens (tertiary/aromatic N) is 4. The Morgan fingerprint density at radius 3 is 2.69 bits per heavy atom. The zero-order valence-electron chi connectivity index (χ0n) is 15.6. The van der Waals surface area contributed by atoms with Gasteiger partial charge in [-0.05, 0) is 0 Å². The molecule has 0 N–H and O–H groups in total. The minimum absolute atomic E-state index is 0.204. The van der Waals surface area contributed by atoms with E-state index in [1.807, 2.05) is 22.6 Å². The third-order valence-corrected chi connectivity index (χ3v) is 5.81. The molecule has 0 saturated carbocycles. The Hall–Kier alpha value is -1.44. The van der Waals surface area contributed by atoms with E-state index in [2.05, 4.69) is 21.5 Å². The van der Waals surface area contributed by atoms with E-state index in [0.29, 0.717) is 26.5 Å². The van der Waals surface area contributed by atoms with Crippen molar-refractivity contribution in [1.29, 1.82) is 0 Å². The van der Waals surface area contributed by atoms with Gasteiger partial charge in [-0.25, -0.2) is 15.0 Å². The lowest BCUT2D eigenvalue weighted by atomic mass is 10.1. The molecule has 0 bridgehead atoms. The maximum Gasteiger partial charge on any atom is 0.303 e. The molecule has 3 rings (SSSR count). The van der Waals surface area contributed by atoms with Crippen LogP contribution in [0.5, 0.6) is 0 Å². The van der Waals surface area contributed by atoms with E-state index in [0.717, 1.165) is 0 Å². The first-order valence-corrected chi connectivity index (χ1v) is 11.2. The van der Waals surface area contributed by atoms with Crippen LogP contribution in [0.2, 0.25) is 5.15 Å². The molecule has 1 aliphatic heterocycles. The van der Waals surface area contributed by atoms with Gasteiger partial charge in [-0.15, -0.1) is 6.58 Å². The molecule has 156 valence electrons. The lowest BCUT2D eigenvalue weighted by molar-refractivity contribution is -0.165. The second kappa shape index (κ2) is 9.58. The molecule has 2 aromatic rings. The van der Waals surface area contributed by atoms with E-state index in [1.54, 1.807) is 22.4 Å². The van der Waals surface area contributed by atoms with Gasteiger partial charge < -0.3 is 14.2 Å². The summed E-state index contributed by atoms with van der Waals surface area (Å²) < 4.78 is 19.2. The molecular formula is C17H18ClIN4O5S. The Labute approximate surface area is 189 Å². The summed E-state index contributed by atoms with van der Waals surface area (Å²) in [6.45, 7) is 6.28. The Balaban J connectivity index is 2.02. The third-order valence-electron chi connectivity index (χ3n) is 4.03. The number of rotatable bonds is 7. The SMILES string of the molecule is C=CCSC[C@H]1O[C@@H](n2cnc3c(Cl)nc(I)nc32)[C@H](OC(C)=O)[C@@H]1OC(C)=O. The van der Waals surface area contributed by atoms with E-state index in [1.165, 1.54) is 20.2 Å². The number of fused-ring (bicyclic) bond motifs is 1. The summed E-state index contributed by atoms with van der Waals surface area (Å²) in [6, 6.07) is 0. The van der Waals surface area contributed by atoms with Gasteiger partial charge in [-0.3, -0.25) is 14.2 Å². The summed E-state index contributed by atoms with van der Waals surface area (Å²) in [5.41, 5.74) is 0.822. The van der Waals surface area contributed by atoms with Gasteiger partial charge in [0.05, 0.1) is 6.33 Å². The van der Waals surface area contributed by atoms with Crippen molar-refractivity contribution in [3.63, 3.8) is 0 Å². The number of thioether (sulfide) groups is 1. The van der Waals surface area contributed by atoms with Crippen molar-refractivity contribution in [2.24, 2.45) is 0 Å². The summed E-state index contributed by atoms with van der Waals surface area (Å²) in [5, 5.41) is 0.204. The van der Waals surface area contributed by atoms with Gasteiger partial charge in [0.1, 0.15) is 11.6 Å². The Bertz CT molecular complexity index is 942. The molecule has 29 heavy (non-hydrogen) atoms. The fourth-order valence-electron chi connectivity index (χ4n) is 3.03. The predicted octanol–water partition coefficient (Wildman–Crippen LogP) is 2.76. The van der Waals surface area contributed by atoms with Crippen LogP contribution in [-0.4, -0.2) is 61.3 Å². The standard InChI is InChI=1S/C17H18ClIN4O5S/c1-4-5-29-6-10-12(26-8(2)24)13(27-9(3)25)16(28-10)23-7-20-11-14(18)21-17(19)22-15(11)23/h4,7,10,12-13,16H,1,5-6H2,2-3H3/t10-,12-,13-,16-/m1/s1. The topological polar surface area (TPSA) is 105 Å². The van der Waals surface area contributed by atoms with Crippen LogP contribution >= 0.6 is 46.0 Å². The largest absolute Gasteiger partial charge is 0.456 e. The van der Waals surface area contributed by atoms with E-state index in [-0.39, 0.29) is 5.15 Å². The number of hydrogen-bond acceptors (Lipinski definition) is 9. The molecule has 12 heteroatoms. The maximum atomic E-state index is 11.8. The second-order valence-electron chi connectivity index (χ2n) is 6.15. The van der Waals surface area contributed by atoms with Gasteiger partial charge in [0.2, 0.25) is 0 Å². The van der Waals surface area contributed by atoms with Crippen molar-refractivity contribution in [2.45, 2.75) is 38.4 Å². The van der Waals surface area contributed by atoms with Gasteiger partial charge in [0, 0.05) is 47.9 Å². The van der Waals surface area contributed by atoms with Gasteiger partial charge in [0.25, 0.3) is 0 Å². The third kappa shape index (κ3) is 5.01. The fourth-order valence-corrected chi connectivity index (χ4v) is 4.66. The molecule has 0 radical (unpaired) electrons. The highest BCUT2D eigenvalue weighted by Gasteiger charge is 2.50. The van der Waals surface area contributed by atoms with Crippen LogP contribution in [0.1, 0.15) is 20.1 Å². The number of hydrogen-bond donors (Lipinski definition) is 0. The normalized spacial score (nSPS) is 23.9. The minimum atomic E-state index is -0.880. The van der Waals surface area contributed by atoms with Gasteiger partial charge in [-0.2, -0.15) is 11.8 Å². The smallest absolute Gasteiger partial charge is 0.303 e. The van der Waals surface area contributed by atoms with Crippen LogP contribution in [0.25, 0.3) is 11.2 Å². The Morgan fingerprint density at radius 1 is 1.34 bits per heavy atom. The number of carbonyl (C=O) groups excluding carboxylic acids is 2. The molecule has 1 aliphatic rings. The molecular weight excluding hydrogens is 535 g/mol. The van der Waals surface area contributed by atoms with Crippen LogP contribution < -0.4 is 0 Å². The van der Waals surface area contributed by atoms with E-state index < -0.39 is 36.5 Å². The van der Waals surface area contributed by atoms with Crippen molar-refractivity contribution < 1.29 is 23.8 Å². The number of halogens is 2. The average Bonchev–Trinajstić information content (AvgIpc) is 3.17. The van der Waals surface area contributed by atoms with Gasteiger partial charge >= 0.3 is 11.9 Å². The average molecular weight is 553 g/mol. The molecule has 0 aliphatic carbocycles. The molecule has 0 amide bonds. The van der Waals surface area contributed by atoms with Crippen molar-refractivity contribution >= 4 is 69.1 Å². The highest BCUT2D eigenvalue weighted by Crippen LogP contribution is 2.37. The van der Waals surface area contributed by atoms with Crippen molar-refractivity contribution in [1.82, 2.24) is 19.5 Å². The molecule has 9 nitrogen and oxygen atoms in total. The molecule has 4 atom stereocenters. The van der Waals surface area contributed by atoms with E-state index in [4.69, 9.17) is 25.8 Å². The molecule has 0 spiro atoms. The number of ether oxygens (including phenoxy) is 3.